The van der Waals surface area contributed by atoms with Crippen LogP contribution in [0.4, 0.5) is 5.95 Å². The predicted molar refractivity (Wildman–Crippen MR) is 87.9 cm³/mol. The maximum atomic E-state index is 5.38. The number of hydrogen-bond acceptors (Lipinski definition) is 6. The molecular formula is C16H19N5O2. The third-order valence-corrected chi connectivity index (χ3v) is 3.83. The summed E-state index contributed by atoms with van der Waals surface area (Å²) in [7, 11) is 5.07. The van der Waals surface area contributed by atoms with E-state index in [0.29, 0.717) is 5.95 Å². The van der Waals surface area contributed by atoms with E-state index < -0.39 is 0 Å². The molecule has 0 amide bonds. The molecule has 1 aromatic heterocycles. The summed E-state index contributed by atoms with van der Waals surface area (Å²) in [5.41, 5.74) is 1.13. The van der Waals surface area contributed by atoms with E-state index in [4.69, 9.17) is 9.47 Å². The molecular weight excluding hydrogens is 294 g/mol. The fourth-order valence-electron chi connectivity index (χ4n) is 2.49. The molecule has 3 aromatic rings. The van der Waals surface area contributed by atoms with Crippen molar-refractivity contribution in [1.82, 2.24) is 20.2 Å². The molecule has 7 nitrogen and oxygen atoms in total. The van der Waals surface area contributed by atoms with Gasteiger partial charge in [0.25, 0.3) is 0 Å². The van der Waals surface area contributed by atoms with Crippen LogP contribution in [0.2, 0.25) is 0 Å². The monoisotopic (exact) mass is 313 g/mol. The molecule has 1 heterocycles. The minimum Gasteiger partial charge on any atom is -0.493 e. The van der Waals surface area contributed by atoms with E-state index in [1.807, 2.05) is 12.1 Å². The first-order chi connectivity index (χ1) is 11.1. The Labute approximate surface area is 134 Å². The zero-order chi connectivity index (χ0) is 16.4. The van der Waals surface area contributed by atoms with Crippen molar-refractivity contribution in [3.8, 4) is 11.5 Å². The van der Waals surface area contributed by atoms with Crippen LogP contribution in [0.25, 0.3) is 10.8 Å². The predicted octanol–water partition coefficient (Wildman–Crippen LogP) is 2.55. The lowest BCUT2D eigenvalue weighted by atomic mass is 10.0. The number of ether oxygens (including phenoxy) is 2. The number of benzene rings is 2. The molecule has 2 aromatic carbocycles. The number of aryl methyl sites for hydroxylation is 1. The van der Waals surface area contributed by atoms with E-state index >= 15 is 0 Å². The van der Waals surface area contributed by atoms with Crippen molar-refractivity contribution in [2.75, 3.05) is 19.5 Å². The number of tetrazole rings is 1. The second-order valence-electron chi connectivity index (χ2n) is 5.31. The van der Waals surface area contributed by atoms with Gasteiger partial charge in [-0.25, -0.2) is 4.68 Å². The number of anilines is 1. The van der Waals surface area contributed by atoms with Crippen LogP contribution >= 0.6 is 0 Å². The van der Waals surface area contributed by atoms with Crippen LogP contribution < -0.4 is 14.8 Å². The third-order valence-electron chi connectivity index (χ3n) is 3.83. The van der Waals surface area contributed by atoms with Gasteiger partial charge in [-0.3, -0.25) is 0 Å². The quantitative estimate of drug-likeness (QED) is 0.780. The largest absolute Gasteiger partial charge is 0.493 e. The summed E-state index contributed by atoms with van der Waals surface area (Å²) >= 11 is 0. The highest BCUT2D eigenvalue weighted by molar-refractivity contribution is 5.86. The lowest BCUT2D eigenvalue weighted by Gasteiger charge is -2.15. The maximum Gasteiger partial charge on any atom is 0.243 e. The topological polar surface area (TPSA) is 74.1 Å². The number of methoxy groups -OCH3 is 2. The number of hydrogen-bond donors (Lipinski definition) is 1. The van der Waals surface area contributed by atoms with E-state index in [1.54, 1.807) is 25.9 Å². The van der Waals surface area contributed by atoms with E-state index in [-0.39, 0.29) is 6.04 Å². The Morgan fingerprint density at radius 1 is 1.04 bits per heavy atom. The van der Waals surface area contributed by atoms with Gasteiger partial charge in [0.05, 0.1) is 20.3 Å². The maximum absolute atomic E-state index is 5.38. The van der Waals surface area contributed by atoms with Crippen LogP contribution in [0.5, 0.6) is 11.5 Å². The molecule has 120 valence electrons. The Hall–Kier alpha value is -2.83. The minimum absolute atomic E-state index is 0.0668. The average Bonchev–Trinajstić information content (AvgIpc) is 2.97. The lowest BCUT2D eigenvalue weighted by molar-refractivity contribution is 0.356. The van der Waals surface area contributed by atoms with E-state index in [2.05, 4.69) is 46.0 Å². The molecule has 1 unspecified atom stereocenters. The fourth-order valence-corrected chi connectivity index (χ4v) is 2.49. The van der Waals surface area contributed by atoms with Crippen molar-refractivity contribution in [2.45, 2.75) is 13.0 Å². The molecule has 1 atom stereocenters. The summed E-state index contributed by atoms with van der Waals surface area (Å²) in [5, 5.41) is 16.9. The van der Waals surface area contributed by atoms with Crippen molar-refractivity contribution in [3.63, 3.8) is 0 Å². The minimum atomic E-state index is 0.0668. The zero-order valence-corrected chi connectivity index (χ0v) is 13.6. The van der Waals surface area contributed by atoms with Gasteiger partial charge in [-0.2, -0.15) is 0 Å². The Morgan fingerprint density at radius 2 is 1.74 bits per heavy atom. The normalized spacial score (nSPS) is 12.2. The molecule has 1 N–H and O–H groups in total. The molecule has 0 fully saturated rings. The first kappa shape index (κ1) is 15.1. The highest BCUT2D eigenvalue weighted by Crippen LogP contribution is 2.33. The average molecular weight is 313 g/mol. The van der Waals surface area contributed by atoms with Crippen LogP contribution in [0.15, 0.2) is 30.3 Å². The van der Waals surface area contributed by atoms with E-state index in [1.165, 1.54) is 0 Å². The summed E-state index contributed by atoms with van der Waals surface area (Å²) < 4.78 is 12.3. The molecule has 0 saturated carbocycles. The van der Waals surface area contributed by atoms with Crippen molar-refractivity contribution in [2.24, 2.45) is 7.05 Å². The van der Waals surface area contributed by atoms with Crippen molar-refractivity contribution < 1.29 is 9.47 Å². The van der Waals surface area contributed by atoms with Crippen molar-refractivity contribution in [1.29, 1.82) is 0 Å². The Morgan fingerprint density at radius 3 is 2.35 bits per heavy atom. The molecule has 0 spiro atoms. The molecule has 0 aliphatic rings. The van der Waals surface area contributed by atoms with Gasteiger partial charge in [0.15, 0.2) is 11.5 Å². The second-order valence-corrected chi connectivity index (χ2v) is 5.31. The van der Waals surface area contributed by atoms with Gasteiger partial charge in [-0.05, 0) is 51.9 Å². The molecule has 0 aliphatic heterocycles. The van der Waals surface area contributed by atoms with Crippen LogP contribution in [-0.2, 0) is 7.05 Å². The van der Waals surface area contributed by atoms with Gasteiger partial charge in [-0.1, -0.05) is 17.2 Å². The Balaban J connectivity index is 1.94. The van der Waals surface area contributed by atoms with E-state index in [9.17, 15) is 0 Å². The van der Waals surface area contributed by atoms with Gasteiger partial charge in [0, 0.05) is 7.05 Å². The lowest BCUT2D eigenvalue weighted by Crippen LogP contribution is -2.10. The van der Waals surface area contributed by atoms with Gasteiger partial charge in [0.2, 0.25) is 5.95 Å². The molecule has 3 rings (SSSR count). The molecule has 0 bridgehead atoms. The van der Waals surface area contributed by atoms with Crippen LogP contribution in [0.1, 0.15) is 18.5 Å². The fraction of sp³-hybridized carbons (Fsp3) is 0.312. The highest BCUT2D eigenvalue weighted by Gasteiger charge is 2.11. The van der Waals surface area contributed by atoms with Gasteiger partial charge in [0.1, 0.15) is 0 Å². The number of fused-ring (bicyclic) bond motifs is 1. The summed E-state index contributed by atoms with van der Waals surface area (Å²) in [6, 6.07) is 10.3. The number of rotatable bonds is 5. The van der Waals surface area contributed by atoms with E-state index in [0.717, 1.165) is 27.8 Å². The highest BCUT2D eigenvalue weighted by atomic mass is 16.5. The summed E-state index contributed by atoms with van der Waals surface area (Å²) in [6.07, 6.45) is 0. The van der Waals surface area contributed by atoms with Crippen LogP contribution in [-0.4, -0.2) is 34.4 Å². The van der Waals surface area contributed by atoms with Crippen molar-refractivity contribution in [3.05, 3.63) is 35.9 Å². The molecule has 0 aliphatic carbocycles. The van der Waals surface area contributed by atoms with Gasteiger partial charge >= 0.3 is 0 Å². The number of aromatic nitrogens is 4. The SMILES string of the molecule is COc1cc2ccc(C(C)Nc3nnnn3C)cc2cc1OC. The first-order valence-electron chi connectivity index (χ1n) is 7.27. The Kier molecular flexibility index (Phi) is 4.01. The molecule has 0 radical (unpaired) electrons. The van der Waals surface area contributed by atoms with Gasteiger partial charge in [-0.15, -0.1) is 0 Å². The summed E-state index contributed by atoms with van der Waals surface area (Å²) in [4.78, 5) is 0. The second kappa shape index (κ2) is 6.12. The molecule has 7 heteroatoms. The first-order valence-corrected chi connectivity index (χ1v) is 7.27. The molecule has 23 heavy (non-hydrogen) atoms. The number of nitrogens with one attached hydrogen (secondary N) is 1. The number of nitrogens with zero attached hydrogens (tertiary/aromatic N) is 4. The van der Waals surface area contributed by atoms with Crippen molar-refractivity contribution >= 4 is 16.7 Å². The standard InChI is InChI=1S/C16H19N5O2/c1-10(17-16-18-19-20-21(16)2)11-5-6-12-8-14(22-3)15(23-4)9-13(12)7-11/h5-10H,1-4H3,(H,17,18,20). The zero-order valence-electron chi connectivity index (χ0n) is 13.6. The third kappa shape index (κ3) is 2.90. The van der Waals surface area contributed by atoms with Crippen LogP contribution in [0, 0.1) is 0 Å². The summed E-state index contributed by atoms with van der Waals surface area (Å²) in [6.45, 7) is 2.07. The summed E-state index contributed by atoms with van der Waals surface area (Å²) in [5.74, 6) is 2.07. The smallest absolute Gasteiger partial charge is 0.243 e. The van der Waals surface area contributed by atoms with Crippen LogP contribution in [0.3, 0.4) is 0 Å². The van der Waals surface area contributed by atoms with Gasteiger partial charge < -0.3 is 14.8 Å². The Bertz CT molecular complexity index is 830. The molecule has 0 saturated heterocycles.